The number of ether oxygens (including phenoxy) is 1. The van der Waals surface area contributed by atoms with Crippen LogP contribution in [0.1, 0.15) is 10.4 Å². The minimum Gasteiger partial charge on any atom is -0.490 e. The van der Waals surface area contributed by atoms with E-state index in [0.717, 1.165) is 0 Å². The van der Waals surface area contributed by atoms with Gasteiger partial charge < -0.3 is 4.74 Å². The van der Waals surface area contributed by atoms with Gasteiger partial charge >= 0.3 is 5.91 Å². The van der Waals surface area contributed by atoms with Crippen LogP contribution in [0, 0.1) is 0 Å². The van der Waals surface area contributed by atoms with Crippen molar-refractivity contribution in [3.63, 3.8) is 0 Å². The molecule has 0 fully saturated rings. The molecule has 0 aliphatic rings. The van der Waals surface area contributed by atoms with Crippen LogP contribution in [0.3, 0.4) is 0 Å². The number of nitrogens with one attached hydrogen (secondary N) is 1. The number of carbonyl (C=O) groups is 1. The Morgan fingerprint density at radius 3 is 2.55 bits per heavy atom. The number of benzene rings is 1. The molecule has 4 nitrogen and oxygen atoms in total. The summed E-state index contributed by atoms with van der Waals surface area (Å²) in [7, 11) is 0. The number of carbonyl (C=O) groups excluding carboxylic acids is 1. The SMILES string of the molecule is O=C(N[n+]1ccccc1)c1ccc(OC/C=C\Cl)cc1. The summed E-state index contributed by atoms with van der Waals surface area (Å²) in [5, 5.41) is 0. The second-order valence-corrected chi connectivity index (χ2v) is 4.17. The van der Waals surface area contributed by atoms with Crippen molar-refractivity contribution in [2.45, 2.75) is 0 Å². The van der Waals surface area contributed by atoms with Gasteiger partial charge in [0.1, 0.15) is 12.4 Å². The number of aromatic nitrogens is 1. The molecule has 20 heavy (non-hydrogen) atoms. The maximum absolute atomic E-state index is 12.0. The lowest BCUT2D eigenvalue weighted by atomic mass is 10.2. The van der Waals surface area contributed by atoms with Gasteiger partial charge in [0.25, 0.3) is 0 Å². The highest BCUT2D eigenvalue weighted by atomic mass is 35.5. The number of pyridine rings is 1. The third kappa shape index (κ3) is 4.10. The smallest absolute Gasteiger partial charge is 0.305 e. The summed E-state index contributed by atoms with van der Waals surface area (Å²) in [6, 6.07) is 12.4. The van der Waals surface area contributed by atoms with Gasteiger partial charge in [0.15, 0.2) is 12.4 Å². The molecule has 0 atom stereocenters. The Kier molecular flexibility index (Phi) is 5.15. The van der Waals surface area contributed by atoms with E-state index in [1.165, 1.54) is 5.54 Å². The molecule has 2 rings (SSSR count). The molecule has 1 N–H and O–H groups in total. The predicted molar refractivity (Wildman–Crippen MR) is 77.3 cm³/mol. The Morgan fingerprint density at radius 2 is 1.90 bits per heavy atom. The molecule has 1 aromatic carbocycles. The summed E-state index contributed by atoms with van der Waals surface area (Å²) >= 11 is 5.40. The highest BCUT2D eigenvalue weighted by Crippen LogP contribution is 2.12. The van der Waals surface area contributed by atoms with Crippen molar-refractivity contribution in [3.05, 3.63) is 72.0 Å². The van der Waals surface area contributed by atoms with Crippen molar-refractivity contribution in [1.29, 1.82) is 0 Å². The second-order valence-electron chi connectivity index (χ2n) is 3.92. The fourth-order valence-electron chi connectivity index (χ4n) is 1.54. The fraction of sp³-hybridized carbons (Fsp3) is 0.0667. The van der Waals surface area contributed by atoms with Crippen LogP contribution in [0.15, 0.2) is 66.5 Å². The van der Waals surface area contributed by atoms with Crippen molar-refractivity contribution < 1.29 is 14.2 Å². The molecule has 0 bridgehead atoms. The van der Waals surface area contributed by atoms with Crippen molar-refractivity contribution in [3.8, 4) is 5.75 Å². The monoisotopic (exact) mass is 289 g/mol. The minimum atomic E-state index is -0.187. The molecule has 0 saturated carbocycles. The van der Waals surface area contributed by atoms with Gasteiger partial charge in [-0.2, -0.15) is 0 Å². The van der Waals surface area contributed by atoms with Crippen LogP contribution in [0.25, 0.3) is 0 Å². The van der Waals surface area contributed by atoms with E-state index in [1.54, 1.807) is 47.4 Å². The topological polar surface area (TPSA) is 42.2 Å². The quantitative estimate of drug-likeness (QED) is 0.859. The average molecular weight is 290 g/mol. The molecular weight excluding hydrogens is 276 g/mol. The molecule has 1 heterocycles. The zero-order valence-corrected chi connectivity index (χ0v) is 11.5. The van der Waals surface area contributed by atoms with E-state index in [1.807, 2.05) is 18.2 Å². The summed E-state index contributed by atoms with van der Waals surface area (Å²) in [5.74, 6) is 0.497. The molecule has 0 aliphatic carbocycles. The lowest BCUT2D eigenvalue weighted by Crippen LogP contribution is -2.47. The van der Waals surface area contributed by atoms with Gasteiger partial charge in [-0.3, -0.25) is 4.79 Å². The molecule has 0 radical (unpaired) electrons. The van der Waals surface area contributed by atoms with Gasteiger partial charge in [0, 0.05) is 23.2 Å². The normalized spacial score (nSPS) is 10.4. The van der Waals surface area contributed by atoms with Gasteiger partial charge in [-0.25, -0.2) is 0 Å². The number of halogens is 1. The molecule has 0 unspecified atom stereocenters. The average Bonchev–Trinajstić information content (AvgIpc) is 2.49. The molecule has 0 aliphatic heterocycles. The van der Waals surface area contributed by atoms with Crippen LogP contribution in [0.4, 0.5) is 0 Å². The Hall–Kier alpha value is -2.33. The molecule has 102 valence electrons. The fourth-order valence-corrected chi connectivity index (χ4v) is 1.61. The third-order valence-electron chi connectivity index (χ3n) is 2.50. The van der Waals surface area contributed by atoms with E-state index in [9.17, 15) is 4.79 Å². The third-order valence-corrected chi connectivity index (χ3v) is 2.68. The zero-order chi connectivity index (χ0) is 14.2. The maximum Gasteiger partial charge on any atom is 0.305 e. The van der Waals surface area contributed by atoms with E-state index in [-0.39, 0.29) is 5.91 Å². The largest absolute Gasteiger partial charge is 0.490 e. The summed E-state index contributed by atoms with van der Waals surface area (Å²) in [6.07, 6.45) is 5.20. The molecular formula is C15H14ClN2O2+. The first-order chi connectivity index (χ1) is 9.79. The molecule has 1 aromatic heterocycles. The van der Waals surface area contributed by atoms with E-state index in [0.29, 0.717) is 17.9 Å². The summed E-state index contributed by atoms with van der Waals surface area (Å²) < 4.78 is 6.99. The highest BCUT2D eigenvalue weighted by Gasteiger charge is 2.09. The van der Waals surface area contributed by atoms with Crippen LogP contribution in [-0.4, -0.2) is 12.5 Å². The van der Waals surface area contributed by atoms with Crippen molar-refractivity contribution >= 4 is 17.5 Å². The van der Waals surface area contributed by atoms with E-state index >= 15 is 0 Å². The number of amides is 1. The molecule has 5 heteroatoms. The van der Waals surface area contributed by atoms with Gasteiger partial charge in [0.05, 0.1) is 0 Å². The number of hydrogen-bond acceptors (Lipinski definition) is 2. The minimum absolute atomic E-state index is 0.187. The van der Waals surface area contributed by atoms with E-state index in [4.69, 9.17) is 16.3 Å². The first kappa shape index (κ1) is 14.1. The van der Waals surface area contributed by atoms with Crippen molar-refractivity contribution in [2.75, 3.05) is 12.0 Å². The summed E-state index contributed by atoms with van der Waals surface area (Å²) in [4.78, 5) is 12.0. The van der Waals surface area contributed by atoms with Crippen molar-refractivity contribution in [1.82, 2.24) is 0 Å². The second kappa shape index (κ2) is 7.31. The lowest BCUT2D eigenvalue weighted by molar-refractivity contribution is -0.641. The molecule has 0 saturated heterocycles. The Labute approximate surface area is 122 Å². The van der Waals surface area contributed by atoms with Crippen LogP contribution in [0.5, 0.6) is 5.75 Å². The molecule has 0 spiro atoms. The van der Waals surface area contributed by atoms with Crippen LogP contribution in [-0.2, 0) is 0 Å². The summed E-state index contributed by atoms with van der Waals surface area (Å²) in [5.41, 5.74) is 4.70. The van der Waals surface area contributed by atoms with Crippen LogP contribution in [0.2, 0.25) is 0 Å². The summed E-state index contributed by atoms with van der Waals surface area (Å²) in [6.45, 7) is 0.398. The highest BCUT2D eigenvalue weighted by molar-refractivity contribution is 6.25. The van der Waals surface area contributed by atoms with E-state index < -0.39 is 0 Å². The van der Waals surface area contributed by atoms with Gasteiger partial charge in [-0.05, 0) is 30.3 Å². The Balaban J connectivity index is 1.97. The van der Waals surface area contributed by atoms with Crippen LogP contribution < -0.4 is 14.8 Å². The number of nitrogens with zero attached hydrogens (tertiary/aromatic N) is 1. The van der Waals surface area contributed by atoms with Gasteiger partial charge in [-0.15, -0.1) is 5.43 Å². The van der Waals surface area contributed by atoms with Gasteiger partial charge in [-0.1, -0.05) is 22.3 Å². The maximum atomic E-state index is 12.0. The lowest BCUT2D eigenvalue weighted by Gasteiger charge is -2.04. The molecule has 2 aromatic rings. The first-order valence-corrected chi connectivity index (χ1v) is 6.49. The number of rotatable bonds is 5. The standard InChI is InChI=1S/C15H13ClN2O2/c16-9-4-12-20-14-7-5-13(6-8-14)15(19)17-18-10-2-1-3-11-18/h1-11H,12H2/p+1/b9-4-. The molecule has 1 amide bonds. The van der Waals surface area contributed by atoms with Crippen molar-refractivity contribution in [2.24, 2.45) is 0 Å². The van der Waals surface area contributed by atoms with E-state index in [2.05, 4.69) is 5.43 Å². The number of hydrogen-bond donors (Lipinski definition) is 1. The Bertz CT molecular complexity index is 583. The zero-order valence-electron chi connectivity index (χ0n) is 10.7. The van der Waals surface area contributed by atoms with Gasteiger partial charge in [0.2, 0.25) is 0 Å². The first-order valence-electron chi connectivity index (χ1n) is 6.05. The predicted octanol–water partition coefficient (Wildman–Crippen LogP) is 2.49. The Morgan fingerprint density at radius 1 is 1.20 bits per heavy atom. The van der Waals surface area contributed by atoms with Crippen LogP contribution >= 0.6 is 11.6 Å².